The van der Waals surface area contributed by atoms with E-state index in [1.54, 1.807) is 41.4 Å². The van der Waals surface area contributed by atoms with Gasteiger partial charge in [0.05, 0.1) is 6.26 Å². The summed E-state index contributed by atoms with van der Waals surface area (Å²) in [6.07, 6.45) is 9.69. The predicted octanol–water partition coefficient (Wildman–Crippen LogP) is 2.41. The molecule has 1 aromatic carbocycles. The van der Waals surface area contributed by atoms with E-state index in [0.717, 1.165) is 49.1 Å². The average molecular weight is 484 g/mol. The largest absolute Gasteiger partial charge is 0.353 e. The normalized spacial score (nSPS) is 16.3. The Hall–Kier alpha value is -3.47. The van der Waals surface area contributed by atoms with E-state index >= 15 is 0 Å². The highest BCUT2D eigenvalue weighted by Crippen LogP contribution is 2.26. The second-order valence-electron chi connectivity index (χ2n) is 8.53. The number of piperidine rings is 1. The smallest absolute Gasteiger partial charge is 0.237 e. The number of aryl methyl sites for hydroxylation is 1. The number of hydrogen-bond donors (Lipinski definition) is 2. The summed E-state index contributed by atoms with van der Waals surface area (Å²) < 4.78 is 26.9. The summed E-state index contributed by atoms with van der Waals surface area (Å²) in [6, 6.07) is 8.97. The molecular weight excluding hydrogens is 454 g/mol. The van der Waals surface area contributed by atoms with E-state index in [4.69, 9.17) is 4.98 Å². The number of imidazole rings is 1. The Morgan fingerprint density at radius 2 is 1.97 bits per heavy atom. The molecule has 0 saturated carbocycles. The lowest BCUT2D eigenvalue weighted by atomic mass is 9.99. The monoisotopic (exact) mass is 483 g/mol. The summed E-state index contributed by atoms with van der Waals surface area (Å²) in [5.74, 6) is 1.36. The van der Waals surface area contributed by atoms with E-state index in [0.29, 0.717) is 24.6 Å². The maximum atomic E-state index is 12.8. The Morgan fingerprint density at radius 3 is 2.68 bits per heavy atom. The Labute approximate surface area is 199 Å². The first-order valence-electron chi connectivity index (χ1n) is 11.2. The highest BCUT2D eigenvalue weighted by atomic mass is 32.2. The first-order valence-corrected chi connectivity index (χ1v) is 13.1. The average Bonchev–Trinajstić information content (AvgIpc) is 3.33. The van der Waals surface area contributed by atoms with Crippen molar-refractivity contribution in [2.45, 2.75) is 45.2 Å². The minimum absolute atomic E-state index is 0.0316. The van der Waals surface area contributed by atoms with Crippen LogP contribution in [-0.2, 0) is 21.4 Å². The van der Waals surface area contributed by atoms with Gasteiger partial charge < -0.3 is 10.2 Å². The van der Waals surface area contributed by atoms with Gasteiger partial charge in [0.15, 0.2) is 0 Å². The van der Waals surface area contributed by atoms with Crippen molar-refractivity contribution >= 4 is 27.4 Å². The molecule has 180 valence electrons. The first-order chi connectivity index (χ1) is 16.3. The highest BCUT2D eigenvalue weighted by Gasteiger charge is 2.26. The van der Waals surface area contributed by atoms with E-state index in [9.17, 15) is 13.2 Å². The fourth-order valence-corrected chi connectivity index (χ4v) is 4.65. The van der Waals surface area contributed by atoms with E-state index in [-0.39, 0.29) is 11.9 Å². The van der Waals surface area contributed by atoms with Crippen LogP contribution in [0.25, 0.3) is 5.95 Å². The van der Waals surface area contributed by atoms with E-state index in [1.165, 1.54) is 0 Å². The maximum Gasteiger partial charge on any atom is 0.237 e. The van der Waals surface area contributed by atoms with Crippen molar-refractivity contribution in [2.24, 2.45) is 0 Å². The van der Waals surface area contributed by atoms with Crippen LogP contribution in [0.1, 0.15) is 36.9 Å². The van der Waals surface area contributed by atoms with Crippen molar-refractivity contribution in [2.75, 3.05) is 22.4 Å². The number of sulfonamides is 1. The van der Waals surface area contributed by atoms with Crippen LogP contribution in [0, 0.1) is 6.92 Å². The van der Waals surface area contributed by atoms with Crippen LogP contribution in [0.5, 0.6) is 0 Å². The first kappa shape index (κ1) is 23.7. The van der Waals surface area contributed by atoms with Gasteiger partial charge in [-0.15, -0.1) is 0 Å². The minimum atomic E-state index is -3.32. The second kappa shape index (κ2) is 10.2. The van der Waals surface area contributed by atoms with Gasteiger partial charge in [-0.2, -0.15) is 4.98 Å². The SMILES string of the molecule is Cc1cc(N2CCCCC2CC(=O)NCc2ccc(NS(C)(=O)=O)cc2)nc(-n2ccnc2)n1. The molecule has 1 saturated heterocycles. The van der Waals surface area contributed by atoms with Gasteiger partial charge in [-0.3, -0.25) is 14.1 Å². The molecule has 1 aliphatic heterocycles. The number of rotatable bonds is 8. The van der Waals surface area contributed by atoms with Crippen LogP contribution in [0.4, 0.5) is 11.5 Å². The molecule has 4 rings (SSSR count). The van der Waals surface area contributed by atoms with Crippen LogP contribution < -0.4 is 14.9 Å². The standard InChI is InChI=1S/C23H29N7O3S/c1-17-13-21(27-23(26-17)29-12-10-24-16-29)30-11-4-3-5-20(30)14-22(31)25-15-18-6-8-19(9-7-18)28-34(2,32)33/h6-10,12-13,16,20,28H,3-5,11,14-15H2,1-2H3,(H,25,31). The lowest BCUT2D eigenvalue weighted by Gasteiger charge is -2.36. The van der Waals surface area contributed by atoms with Crippen molar-refractivity contribution < 1.29 is 13.2 Å². The third-order valence-corrected chi connectivity index (χ3v) is 6.26. The maximum absolute atomic E-state index is 12.8. The molecule has 34 heavy (non-hydrogen) atoms. The molecule has 2 aromatic heterocycles. The van der Waals surface area contributed by atoms with Crippen molar-refractivity contribution in [1.82, 2.24) is 24.8 Å². The molecule has 0 radical (unpaired) electrons. The Kier molecular flexibility index (Phi) is 7.11. The number of anilines is 2. The predicted molar refractivity (Wildman–Crippen MR) is 130 cm³/mol. The molecule has 1 fully saturated rings. The molecule has 1 amide bonds. The molecule has 3 aromatic rings. The van der Waals surface area contributed by atoms with Gasteiger partial charge in [0.25, 0.3) is 0 Å². The number of hydrogen-bond acceptors (Lipinski definition) is 7. The number of amides is 1. The molecular formula is C23H29N7O3S. The van der Waals surface area contributed by atoms with Gasteiger partial charge in [0.2, 0.25) is 21.9 Å². The molecule has 0 bridgehead atoms. The molecule has 1 aliphatic rings. The zero-order valence-electron chi connectivity index (χ0n) is 19.3. The van der Waals surface area contributed by atoms with Crippen molar-refractivity contribution in [3.05, 3.63) is 60.3 Å². The molecule has 11 heteroatoms. The quantitative estimate of drug-likeness (QED) is 0.504. The number of benzene rings is 1. The topological polar surface area (TPSA) is 122 Å². The molecule has 0 aliphatic carbocycles. The number of nitrogens with one attached hydrogen (secondary N) is 2. The summed E-state index contributed by atoms with van der Waals surface area (Å²) >= 11 is 0. The van der Waals surface area contributed by atoms with Gasteiger partial charge in [-0.1, -0.05) is 12.1 Å². The van der Waals surface area contributed by atoms with Crippen LogP contribution in [0.15, 0.2) is 49.1 Å². The van der Waals surface area contributed by atoms with Crippen LogP contribution >= 0.6 is 0 Å². The highest BCUT2D eigenvalue weighted by molar-refractivity contribution is 7.92. The van der Waals surface area contributed by atoms with Gasteiger partial charge in [-0.05, 0) is 43.9 Å². The number of carbonyl (C=O) groups excluding carboxylic acids is 1. The molecule has 10 nitrogen and oxygen atoms in total. The number of carbonyl (C=O) groups is 1. The molecule has 0 spiro atoms. The summed E-state index contributed by atoms with van der Waals surface area (Å²) in [5.41, 5.74) is 2.24. The van der Waals surface area contributed by atoms with E-state index in [2.05, 4.69) is 24.9 Å². The van der Waals surface area contributed by atoms with Gasteiger partial charge in [0, 0.05) is 55.4 Å². The number of aromatic nitrogens is 4. The van der Waals surface area contributed by atoms with E-state index in [1.807, 2.05) is 19.2 Å². The van der Waals surface area contributed by atoms with Gasteiger partial charge >= 0.3 is 0 Å². The Bertz CT molecular complexity index is 1230. The Balaban J connectivity index is 1.39. The third-order valence-electron chi connectivity index (χ3n) is 5.65. The second-order valence-corrected chi connectivity index (χ2v) is 10.3. The molecule has 1 unspecified atom stereocenters. The molecule has 2 N–H and O–H groups in total. The zero-order valence-corrected chi connectivity index (χ0v) is 20.1. The summed E-state index contributed by atoms with van der Waals surface area (Å²) in [7, 11) is -3.32. The van der Waals surface area contributed by atoms with Gasteiger partial charge in [-0.25, -0.2) is 18.4 Å². The zero-order chi connectivity index (χ0) is 24.1. The Morgan fingerprint density at radius 1 is 1.18 bits per heavy atom. The fraction of sp³-hybridized carbons (Fsp3) is 0.391. The number of nitrogens with zero attached hydrogens (tertiary/aromatic N) is 5. The summed E-state index contributed by atoms with van der Waals surface area (Å²) in [5, 5.41) is 2.98. The fourth-order valence-electron chi connectivity index (χ4n) is 4.08. The van der Waals surface area contributed by atoms with Crippen LogP contribution in [-0.4, -0.2) is 52.7 Å². The lowest BCUT2D eigenvalue weighted by molar-refractivity contribution is -0.121. The van der Waals surface area contributed by atoms with Crippen LogP contribution in [0.3, 0.4) is 0 Å². The lowest BCUT2D eigenvalue weighted by Crippen LogP contribution is -2.43. The van der Waals surface area contributed by atoms with Crippen molar-refractivity contribution in [3.8, 4) is 5.95 Å². The van der Waals surface area contributed by atoms with E-state index < -0.39 is 10.0 Å². The summed E-state index contributed by atoms with van der Waals surface area (Å²) in [4.78, 5) is 28.3. The molecule has 1 atom stereocenters. The summed E-state index contributed by atoms with van der Waals surface area (Å²) in [6.45, 7) is 3.16. The third kappa shape index (κ3) is 6.31. The molecule has 3 heterocycles. The minimum Gasteiger partial charge on any atom is -0.353 e. The van der Waals surface area contributed by atoms with Crippen molar-refractivity contribution in [3.63, 3.8) is 0 Å². The van der Waals surface area contributed by atoms with Gasteiger partial charge in [0.1, 0.15) is 12.1 Å². The van der Waals surface area contributed by atoms with Crippen molar-refractivity contribution in [1.29, 1.82) is 0 Å². The van der Waals surface area contributed by atoms with Crippen LogP contribution in [0.2, 0.25) is 0 Å².